The van der Waals surface area contributed by atoms with Crippen molar-refractivity contribution in [3.05, 3.63) is 60.4 Å². The molecule has 3 heterocycles. The van der Waals surface area contributed by atoms with Gasteiger partial charge in [0.15, 0.2) is 0 Å². The molecule has 2 atom stereocenters. The molecule has 2 aliphatic rings. The fourth-order valence-electron chi connectivity index (χ4n) is 3.54. The maximum atomic E-state index is 12.7. The number of rotatable bonds is 2. The largest absolute Gasteiger partial charge is 0.337 e. The summed E-state index contributed by atoms with van der Waals surface area (Å²) in [6.45, 7) is 1.84. The number of benzene rings is 1. The van der Waals surface area contributed by atoms with Gasteiger partial charge in [-0.05, 0) is 24.3 Å². The number of hydrogen-bond acceptors (Lipinski definition) is 3. The molecule has 0 unspecified atom stereocenters. The van der Waals surface area contributed by atoms with Crippen LogP contribution in [0.15, 0.2) is 54.9 Å². The van der Waals surface area contributed by atoms with Gasteiger partial charge in [-0.15, -0.1) is 0 Å². The van der Waals surface area contributed by atoms with E-state index in [0.717, 1.165) is 5.69 Å². The third-order valence-corrected chi connectivity index (χ3v) is 4.72. The van der Waals surface area contributed by atoms with E-state index in [1.165, 1.54) is 0 Å². The fourth-order valence-corrected chi connectivity index (χ4v) is 3.54. The monoisotopic (exact) mass is 307 g/mol. The van der Waals surface area contributed by atoms with E-state index in [0.29, 0.717) is 25.2 Å². The summed E-state index contributed by atoms with van der Waals surface area (Å²) in [5, 5.41) is 0. The number of fused-ring (bicyclic) bond motifs is 1. The van der Waals surface area contributed by atoms with Crippen molar-refractivity contribution in [3.8, 4) is 0 Å². The third-order valence-electron chi connectivity index (χ3n) is 4.72. The van der Waals surface area contributed by atoms with E-state index >= 15 is 0 Å². The Morgan fingerprint density at radius 2 is 1.74 bits per heavy atom. The van der Waals surface area contributed by atoms with E-state index in [1.54, 1.807) is 29.4 Å². The SMILES string of the molecule is O=C(c1ccncc1)N1C[C@H]2CN(c3ccccc3)C(=O)[C@H]2C1. The smallest absolute Gasteiger partial charge is 0.253 e. The fraction of sp³-hybridized carbons (Fsp3) is 0.278. The molecule has 2 saturated heterocycles. The predicted octanol–water partition coefficient (Wildman–Crippen LogP) is 1.82. The molecule has 0 spiro atoms. The van der Waals surface area contributed by atoms with Crippen LogP contribution in [0.3, 0.4) is 0 Å². The molecule has 2 amide bonds. The second-order valence-electron chi connectivity index (χ2n) is 6.10. The second kappa shape index (κ2) is 5.50. The van der Waals surface area contributed by atoms with Crippen molar-refractivity contribution in [1.82, 2.24) is 9.88 Å². The molecule has 1 aromatic heterocycles. The Bertz CT molecular complexity index is 732. The first-order valence-electron chi connectivity index (χ1n) is 7.80. The molecular weight excluding hydrogens is 290 g/mol. The van der Waals surface area contributed by atoms with Gasteiger partial charge in [-0.1, -0.05) is 18.2 Å². The Morgan fingerprint density at radius 3 is 2.43 bits per heavy atom. The van der Waals surface area contributed by atoms with E-state index in [4.69, 9.17) is 0 Å². The molecule has 116 valence electrons. The number of likely N-dealkylation sites (tertiary alicyclic amines) is 1. The van der Waals surface area contributed by atoms with Crippen LogP contribution < -0.4 is 4.90 Å². The highest BCUT2D eigenvalue weighted by molar-refractivity contribution is 6.00. The molecule has 4 rings (SSSR count). The second-order valence-corrected chi connectivity index (χ2v) is 6.10. The average molecular weight is 307 g/mol. The van der Waals surface area contributed by atoms with Gasteiger partial charge < -0.3 is 9.80 Å². The summed E-state index contributed by atoms with van der Waals surface area (Å²) < 4.78 is 0. The van der Waals surface area contributed by atoms with Crippen LogP contribution in [-0.2, 0) is 4.79 Å². The van der Waals surface area contributed by atoms with E-state index in [-0.39, 0.29) is 23.7 Å². The molecule has 2 fully saturated rings. The third kappa shape index (κ3) is 2.38. The van der Waals surface area contributed by atoms with Crippen molar-refractivity contribution < 1.29 is 9.59 Å². The summed E-state index contributed by atoms with van der Waals surface area (Å²) in [5.74, 6) is 0.251. The van der Waals surface area contributed by atoms with Crippen molar-refractivity contribution in [2.45, 2.75) is 0 Å². The minimum atomic E-state index is -0.0824. The van der Waals surface area contributed by atoms with Crippen LogP contribution in [0.2, 0.25) is 0 Å². The van der Waals surface area contributed by atoms with Crippen molar-refractivity contribution >= 4 is 17.5 Å². The van der Waals surface area contributed by atoms with Gasteiger partial charge in [-0.25, -0.2) is 0 Å². The van der Waals surface area contributed by atoms with Crippen LogP contribution >= 0.6 is 0 Å². The highest BCUT2D eigenvalue weighted by Gasteiger charge is 2.47. The lowest BCUT2D eigenvalue weighted by atomic mass is 10.0. The summed E-state index contributed by atoms with van der Waals surface area (Å²) in [6, 6.07) is 13.2. The average Bonchev–Trinajstić information content (AvgIpc) is 3.16. The molecule has 0 N–H and O–H groups in total. The molecule has 23 heavy (non-hydrogen) atoms. The highest BCUT2D eigenvalue weighted by atomic mass is 16.2. The maximum absolute atomic E-state index is 12.7. The van der Waals surface area contributed by atoms with E-state index in [9.17, 15) is 9.59 Å². The minimum absolute atomic E-state index is 0.0131. The molecule has 0 aliphatic carbocycles. The maximum Gasteiger partial charge on any atom is 0.253 e. The van der Waals surface area contributed by atoms with Crippen LogP contribution in [0.25, 0.3) is 0 Å². The van der Waals surface area contributed by atoms with Crippen LogP contribution in [0.5, 0.6) is 0 Å². The van der Waals surface area contributed by atoms with Gasteiger partial charge in [0.05, 0.1) is 5.92 Å². The number of aromatic nitrogens is 1. The molecular formula is C18H17N3O2. The van der Waals surface area contributed by atoms with E-state index in [1.807, 2.05) is 35.2 Å². The predicted molar refractivity (Wildman–Crippen MR) is 85.9 cm³/mol. The van der Waals surface area contributed by atoms with Gasteiger partial charge >= 0.3 is 0 Å². The molecule has 5 nitrogen and oxygen atoms in total. The topological polar surface area (TPSA) is 53.5 Å². The van der Waals surface area contributed by atoms with E-state index < -0.39 is 0 Å². The van der Waals surface area contributed by atoms with Gasteiger partial charge in [0, 0.05) is 49.2 Å². The lowest BCUT2D eigenvalue weighted by Crippen LogP contribution is -2.35. The number of anilines is 1. The number of carbonyl (C=O) groups excluding carboxylic acids is 2. The quantitative estimate of drug-likeness (QED) is 0.850. The molecule has 0 bridgehead atoms. The van der Waals surface area contributed by atoms with Crippen molar-refractivity contribution in [2.24, 2.45) is 11.8 Å². The van der Waals surface area contributed by atoms with Gasteiger partial charge in [0.25, 0.3) is 5.91 Å². The lowest BCUT2D eigenvalue weighted by Gasteiger charge is -2.22. The summed E-state index contributed by atoms with van der Waals surface area (Å²) >= 11 is 0. The van der Waals surface area contributed by atoms with Crippen molar-refractivity contribution in [3.63, 3.8) is 0 Å². The first-order valence-corrected chi connectivity index (χ1v) is 7.80. The molecule has 0 radical (unpaired) electrons. The number of nitrogens with zero attached hydrogens (tertiary/aromatic N) is 3. The van der Waals surface area contributed by atoms with Crippen LogP contribution in [0.4, 0.5) is 5.69 Å². The normalized spacial score (nSPS) is 23.2. The zero-order chi connectivity index (χ0) is 15.8. The van der Waals surface area contributed by atoms with Gasteiger partial charge in [-0.3, -0.25) is 14.6 Å². The molecule has 2 aliphatic heterocycles. The number of pyridine rings is 1. The molecule has 2 aromatic rings. The summed E-state index contributed by atoms with van der Waals surface area (Å²) in [7, 11) is 0. The Kier molecular flexibility index (Phi) is 3.33. The summed E-state index contributed by atoms with van der Waals surface area (Å²) in [4.78, 5) is 32.8. The van der Waals surface area contributed by atoms with Crippen LogP contribution in [-0.4, -0.2) is 41.3 Å². The van der Waals surface area contributed by atoms with Crippen LogP contribution in [0, 0.1) is 11.8 Å². The zero-order valence-corrected chi connectivity index (χ0v) is 12.6. The lowest BCUT2D eigenvalue weighted by molar-refractivity contribution is -0.120. The number of amides is 2. The first kappa shape index (κ1) is 13.9. The van der Waals surface area contributed by atoms with Crippen molar-refractivity contribution in [2.75, 3.05) is 24.5 Å². The Morgan fingerprint density at radius 1 is 1.00 bits per heavy atom. The van der Waals surface area contributed by atoms with Gasteiger partial charge in [-0.2, -0.15) is 0 Å². The van der Waals surface area contributed by atoms with Crippen LogP contribution in [0.1, 0.15) is 10.4 Å². The van der Waals surface area contributed by atoms with Crippen molar-refractivity contribution in [1.29, 1.82) is 0 Å². The summed E-state index contributed by atoms with van der Waals surface area (Å²) in [5.41, 5.74) is 1.58. The molecule has 5 heteroatoms. The molecule has 0 saturated carbocycles. The molecule has 1 aromatic carbocycles. The number of hydrogen-bond donors (Lipinski definition) is 0. The Labute approximate surface area is 134 Å². The number of para-hydroxylation sites is 1. The zero-order valence-electron chi connectivity index (χ0n) is 12.6. The Balaban J connectivity index is 1.49. The minimum Gasteiger partial charge on any atom is -0.337 e. The van der Waals surface area contributed by atoms with Gasteiger partial charge in [0.1, 0.15) is 0 Å². The summed E-state index contributed by atoms with van der Waals surface area (Å²) in [6.07, 6.45) is 3.23. The first-order chi connectivity index (χ1) is 11.2. The van der Waals surface area contributed by atoms with E-state index in [2.05, 4.69) is 4.98 Å². The standard InChI is InChI=1S/C18H17N3O2/c22-17(13-6-8-19-9-7-13)20-10-14-11-21(18(23)16(14)12-20)15-4-2-1-3-5-15/h1-9,14,16H,10-12H2/t14-,16-/m0/s1. The number of carbonyl (C=O) groups is 2. The Hall–Kier alpha value is -2.69. The van der Waals surface area contributed by atoms with Gasteiger partial charge in [0.2, 0.25) is 5.91 Å². The highest BCUT2D eigenvalue weighted by Crippen LogP contribution is 2.35.